The highest BCUT2D eigenvalue weighted by Crippen LogP contribution is 2.64. The SMILES string of the molecule is c1ccc(-c2ccc(N(c3ccc4c(c3)C3(c5ccccc5-c5ccccc5-4)c4ccccc4-c4c3cc3ccc5cccc6ccc4c3c56)c3cccc4oc5ccccc5c34)cc2)cc1. The summed E-state index contributed by atoms with van der Waals surface area (Å²) in [4.78, 5) is 2.46. The van der Waals surface area contributed by atoms with Gasteiger partial charge in [0.05, 0.1) is 16.5 Å². The van der Waals surface area contributed by atoms with Crippen LogP contribution in [0.15, 0.2) is 241 Å². The van der Waals surface area contributed by atoms with Gasteiger partial charge in [0, 0.05) is 16.8 Å². The molecule has 2 aliphatic carbocycles. The van der Waals surface area contributed by atoms with Crippen LogP contribution >= 0.6 is 0 Å². The second-order valence-electron chi connectivity index (χ2n) is 18.3. The molecule has 2 aliphatic rings. The number of anilines is 3. The Morgan fingerprint density at radius 1 is 0.313 bits per heavy atom. The monoisotopic (exact) mass is 849 g/mol. The zero-order chi connectivity index (χ0) is 43.8. The lowest BCUT2D eigenvalue weighted by atomic mass is 9.65. The van der Waals surface area contributed by atoms with Gasteiger partial charge >= 0.3 is 0 Å². The lowest BCUT2D eigenvalue weighted by Crippen LogP contribution is -2.29. The van der Waals surface area contributed by atoms with Gasteiger partial charge in [-0.25, -0.2) is 0 Å². The summed E-state index contributed by atoms with van der Waals surface area (Å²) in [6.07, 6.45) is 0. The van der Waals surface area contributed by atoms with Crippen molar-refractivity contribution in [3.8, 4) is 44.5 Å². The van der Waals surface area contributed by atoms with Crippen LogP contribution in [0.1, 0.15) is 22.3 Å². The minimum Gasteiger partial charge on any atom is -0.456 e. The molecule has 0 saturated heterocycles. The van der Waals surface area contributed by atoms with Crippen molar-refractivity contribution in [1.82, 2.24) is 0 Å². The van der Waals surface area contributed by atoms with E-state index in [0.717, 1.165) is 39.0 Å². The fourth-order valence-corrected chi connectivity index (χ4v) is 12.3. The first-order valence-corrected chi connectivity index (χ1v) is 23.2. The van der Waals surface area contributed by atoms with E-state index in [0.29, 0.717) is 0 Å². The van der Waals surface area contributed by atoms with Crippen molar-refractivity contribution in [2.45, 2.75) is 5.41 Å². The quantitative estimate of drug-likeness (QED) is 0.164. The fraction of sp³-hybridized carbons (Fsp3) is 0.0154. The molecule has 67 heavy (non-hydrogen) atoms. The molecule has 0 N–H and O–H groups in total. The molecule has 2 heteroatoms. The molecule has 1 unspecified atom stereocenters. The standard InChI is InChI=1S/C65H39NO/c1-2-14-40(15-3-1)41-30-33-45(34-31-41)66(58-25-13-27-60-64(58)52-22-8-11-26-59(52)67-60)46-35-37-50-48-19-5-4-18-47(48)49-20-6-9-23-54(49)65(56(50)39-46)55-24-10-7-21-51(55)63-53-36-32-43-17-12-16-42-28-29-44(38-57(63)65)62(53)61(42)43/h1-39H. The molecule has 0 fully saturated rings. The molecule has 12 aromatic carbocycles. The smallest absolute Gasteiger partial charge is 0.137 e. The number of nitrogens with zero attached hydrogens (tertiary/aromatic N) is 1. The largest absolute Gasteiger partial charge is 0.456 e. The summed E-state index contributed by atoms with van der Waals surface area (Å²) in [6, 6.07) is 88.0. The van der Waals surface area contributed by atoms with Crippen molar-refractivity contribution >= 4 is 71.3 Å². The number of rotatable bonds is 4. The van der Waals surface area contributed by atoms with Crippen molar-refractivity contribution in [2.24, 2.45) is 0 Å². The van der Waals surface area contributed by atoms with Crippen LogP contribution in [0.5, 0.6) is 0 Å². The topological polar surface area (TPSA) is 16.4 Å². The minimum atomic E-state index is -0.686. The van der Waals surface area contributed by atoms with E-state index in [1.165, 1.54) is 99.1 Å². The number of benzene rings is 12. The Labute approximate surface area is 387 Å². The van der Waals surface area contributed by atoms with Gasteiger partial charge in [-0.15, -0.1) is 0 Å². The van der Waals surface area contributed by atoms with Crippen LogP contribution in [0.25, 0.3) is 98.8 Å². The molecule has 15 rings (SSSR count). The summed E-state index contributed by atoms with van der Waals surface area (Å²) in [7, 11) is 0. The van der Waals surface area contributed by atoms with E-state index >= 15 is 0 Å². The first-order chi connectivity index (χ1) is 33.2. The molecule has 1 aromatic heterocycles. The lowest BCUT2D eigenvalue weighted by Gasteiger charge is -2.37. The molecule has 13 aromatic rings. The molecule has 2 nitrogen and oxygen atoms in total. The van der Waals surface area contributed by atoms with E-state index in [1.54, 1.807) is 0 Å². The van der Waals surface area contributed by atoms with Gasteiger partial charge in [-0.2, -0.15) is 0 Å². The highest BCUT2D eigenvalue weighted by molar-refractivity contribution is 6.27. The van der Waals surface area contributed by atoms with Crippen molar-refractivity contribution in [3.05, 3.63) is 259 Å². The van der Waals surface area contributed by atoms with E-state index in [-0.39, 0.29) is 0 Å². The molecule has 0 amide bonds. The molecule has 0 saturated carbocycles. The predicted octanol–water partition coefficient (Wildman–Crippen LogP) is 17.6. The van der Waals surface area contributed by atoms with Gasteiger partial charge in [0.15, 0.2) is 0 Å². The third-order valence-corrected chi connectivity index (χ3v) is 15.0. The normalized spacial score (nSPS) is 14.6. The van der Waals surface area contributed by atoms with Crippen LogP contribution in [-0.2, 0) is 5.41 Å². The molecular formula is C65H39NO. The summed E-state index contributed by atoms with van der Waals surface area (Å²) in [6.45, 7) is 0. The molecule has 1 atom stereocenters. The van der Waals surface area contributed by atoms with E-state index < -0.39 is 5.41 Å². The van der Waals surface area contributed by atoms with Crippen LogP contribution < -0.4 is 4.90 Å². The van der Waals surface area contributed by atoms with E-state index in [1.807, 2.05) is 0 Å². The maximum Gasteiger partial charge on any atom is 0.137 e. The average molecular weight is 850 g/mol. The molecule has 310 valence electrons. The molecule has 0 bridgehead atoms. The highest BCUT2D eigenvalue weighted by Gasteiger charge is 2.50. The third kappa shape index (κ3) is 4.94. The number of hydrogen-bond donors (Lipinski definition) is 0. The Kier molecular flexibility index (Phi) is 7.46. The minimum absolute atomic E-state index is 0.686. The Bertz CT molecular complexity index is 4140. The van der Waals surface area contributed by atoms with Gasteiger partial charge in [0.25, 0.3) is 0 Å². The van der Waals surface area contributed by atoms with Gasteiger partial charge in [0.1, 0.15) is 11.2 Å². The van der Waals surface area contributed by atoms with Gasteiger partial charge < -0.3 is 9.32 Å². The van der Waals surface area contributed by atoms with Crippen LogP contribution in [0.3, 0.4) is 0 Å². The predicted molar refractivity (Wildman–Crippen MR) is 279 cm³/mol. The van der Waals surface area contributed by atoms with Crippen molar-refractivity contribution in [3.63, 3.8) is 0 Å². The fourth-order valence-electron chi connectivity index (χ4n) is 12.3. The Balaban J connectivity index is 1.08. The maximum atomic E-state index is 6.59. The van der Waals surface area contributed by atoms with Gasteiger partial charge in [0.2, 0.25) is 0 Å². The molecule has 1 heterocycles. The van der Waals surface area contributed by atoms with Crippen molar-refractivity contribution < 1.29 is 4.42 Å². The Morgan fingerprint density at radius 2 is 0.910 bits per heavy atom. The Hall–Kier alpha value is -8.72. The second-order valence-corrected chi connectivity index (χ2v) is 18.3. The lowest BCUT2D eigenvalue weighted by molar-refractivity contribution is 0.669. The maximum absolute atomic E-state index is 6.59. The highest BCUT2D eigenvalue weighted by atomic mass is 16.3. The molecular weight excluding hydrogens is 811 g/mol. The van der Waals surface area contributed by atoms with Crippen LogP contribution in [0, 0.1) is 0 Å². The number of hydrogen-bond acceptors (Lipinski definition) is 2. The van der Waals surface area contributed by atoms with Crippen molar-refractivity contribution in [1.29, 1.82) is 0 Å². The number of fused-ring (bicyclic) bond motifs is 16. The zero-order valence-electron chi connectivity index (χ0n) is 36.4. The average Bonchev–Trinajstić information content (AvgIpc) is 3.89. The van der Waals surface area contributed by atoms with Crippen LogP contribution in [0.2, 0.25) is 0 Å². The molecule has 0 radical (unpaired) electrons. The molecule has 1 spiro atoms. The number of furan rings is 1. The van der Waals surface area contributed by atoms with Gasteiger partial charge in [-0.05, 0) is 148 Å². The summed E-state index contributed by atoms with van der Waals surface area (Å²) in [5.41, 5.74) is 19.4. The van der Waals surface area contributed by atoms with Crippen LogP contribution in [-0.4, -0.2) is 0 Å². The number of para-hydroxylation sites is 1. The van der Waals surface area contributed by atoms with E-state index in [4.69, 9.17) is 4.42 Å². The summed E-state index contributed by atoms with van der Waals surface area (Å²) in [5.74, 6) is 0. The Morgan fingerprint density at radius 3 is 1.72 bits per heavy atom. The van der Waals surface area contributed by atoms with E-state index in [2.05, 4.69) is 241 Å². The summed E-state index contributed by atoms with van der Waals surface area (Å²) >= 11 is 0. The third-order valence-electron chi connectivity index (χ3n) is 15.0. The summed E-state index contributed by atoms with van der Waals surface area (Å²) in [5, 5.41) is 9.98. The van der Waals surface area contributed by atoms with Gasteiger partial charge in [-0.1, -0.05) is 188 Å². The molecule has 0 aliphatic heterocycles. The first-order valence-electron chi connectivity index (χ1n) is 23.2. The van der Waals surface area contributed by atoms with Crippen molar-refractivity contribution in [2.75, 3.05) is 4.90 Å². The van der Waals surface area contributed by atoms with Crippen LogP contribution in [0.4, 0.5) is 17.1 Å². The first kappa shape index (κ1) is 36.6. The second kappa shape index (κ2) is 13.7. The van der Waals surface area contributed by atoms with Gasteiger partial charge in [-0.3, -0.25) is 0 Å². The zero-order valence-corrected chi connectivity index (χ0v) is 36.4. The van der Waals surface area contributed by atoms with E-state index in [9.17, 15) is 0 Å². The summed E-state index contributed by atoms with van der Waals surface area (Å²) < 4.78 is 6.59.